The normalized spacial score (nSPS) is 18.8. The van der Waals surface area contributed by atoms with Crippen molar-refractivity contribution in [1.82, 2.24) is 0 Å². The highest BCUT2D eigenvalue weighted by atomic mass is 35.6. The third kappa shape index (κ3) is 2.38. The van der Waals surface area contributed by atoms with Gasteiger partial charge in [-0.1, -0.05) is 20.4 Å². The number of hydrogen-bond donors (Lipinski definition) is 0. The molecular formula is C5H12Cl2Si. The second kappa shape index (κ2) is 3.09. The van der Waals surface area contributed by atoms with Crippen molar-refractivity contribution in [2.45, 2.75) is 25.9 Å². The van der Waals surface area contributed by atoms with Crippen LogP contribution in [0.3, 0.4) is 0 Å². The van der Waals surface area contributed by atoms with Crippen LogP contribution in [0.15, 0.2) is 0 Å². The SMILES string of the molecule is CC(C)[Si](C)(Cl)CCl. The van der Waals surface area contributed by atoms with Gasteiger partial charge in [0, 0.05) is 5.50 Å². The highest BCUT2D eigenvalue weighted by molar-refractivity contribution is 7.22. The van der Waals surface area contributed by atoms with Crippen LogP contribution in [-0.2, 0) is 0 Å². The van der Waals surface area contributed by atoms with Gasteiger partial charge in [-0.25, -0.2) is 0 Å². The molecule has 0 fully saturated rings. The highest BCUT2D eigenvalue weighted by Gasteiger charge is 2.26. The van der Waals surface area contributed by atoms with Crippen LogP contribution in [0.1, 0.15) is 13.8 Å². The van der Waals surface area contributed by atoms with Crippen molar-refractivity contribution in [3.05, 3.63) is 0 Å². The predicted molar refractivity (Wildman–Crippen MR) is 43.3 cm³/mol. The van der Waals surface area contributed by atoms with Crippen molar-refractivity contribution in [1.29, 1.82) is 0 Å². The Morgan fingerprint density at radius 3 is 1.88 bits per heavy atom. The van der Waals surface area contributed by atoms with Crippen molar-refractivity contribution in [2.24, 2.45) is 0 Å². The van der Waals surface area contributed by atoms with Gasteiger partial charge in [-0.3, -0.25) is 0 Å². The maximum atomic E-state index is 6.06. The molecule has 0 spiro atoms. The molecule has 0 saturated carbocycles. The molecule has 1 unspecified atom stereocenters. The van der Waals surface area contributed by atoms with Crippen molar-refractivity contribution in [2.75, 3.05) is 5.50 Å². The van der Waals surface area contributed by atoms with Crippen LogP contribution in [-0.4, -0.2) is 12.9 Å². The summed E-state index contributed by atoms with van der Waals surface area (Å²) < 4.78 is 0. The standard InChI is InChI=1S/C5H12Cl2Si/c1-5(2)8(3,7)4-6/h5H,4H2,1-3H3. The average Bonchev–Trinajstić information content (AvgIpc) is 1.67. The van der Waals surface area contributed by atoms with E-state index in [0.29, 0.717) is 11.0 Å². The third-order valence-corrected chi connectivity index (χ3v) is 8.18. The zero-order chi connectivity index (χ0) is 6.78. The van der Waals surface area contributed by atoms with Gasteiger partial charge in [0.25, 0.3) is 0 Å². The van der Waals surface area contributed by atoms with E-state index in [1.807, 2.05) is 0 Å². The number of hydrogen-bond acceptors (Lipinski definition) is 0. The van der Waals surface area contributed by atoms with Gasteiger partial charge in [-0.2, -0.15) is 11.1 Å². The summed E-state index contributed by atoms with van der Waals surface area (Å²) in [6.45, 7) is 6.34. The molecule has 3 heteroatoms. The Morgan fingerprint density at radius 2 is 1.88 bits per heavy atom. The van der Waals surface area contributed by atoms with E-state index in [1.165, 1.54) is 0 Å². The van der Waals surface area contributed by atoms with Crippen LogP contribution in [0.5, 0.6) is 0 Å². The molecule has 0 aliphatic heterocycles. The zero-order valence-electron chi connectivity index (χ0n) is 5.54. The molecule has 0 rings (SSSR count). The van der Waals surface area contributed by atoms with E-state index >= 15 is 0 Å². The first-order chi connectivity index (χ1) is 3.50. The lowest BCUT2D eigenvalue weighted by molar-refractivity contribution is 1.03. The van der Waals surface area contributed by atoms with Gasteiger partial charge in [0.15, 0.2) is 7.38 Å². The lowest BCUT2D eigenvalue weighted by Gasteiger charge is -2.19. The zero-order valence-corrected chi connectivity index (χ0v) is 8.05. The van der Waals surface area contributed by atoms with Gasteiger partial charge >= 0.3 is 0 Å². The van der Waals surface area contributed by atoms with Gasteiger partial charge in [0.1, 0.15) is 0 Å². The number of alkyl halides is 1. The maximum absolute atomic E-state index is 6.06. The Morgan fingerprint density at radius 1 is 1.50 bits per heavy atom. The van der Waals surface area contributed by atoms with Crippen molar-refractivity contribution in [3.63, 3.8) is 0 Å². The lowest BCUT2D eigenvalue weighted by Crippen LogP contribution is -2.28. The molecular weight excluding hydrogens is 159 g/mol. The topological polar surface area (TPSA) is 0 Å². The Labute approximate surface area is 61.9 Å². The van der Waals surface area contributed by atoms with E-state index in [0.717, 1.165) is 0 Å². The maximum Gasteiger partial charge on any atom is 0.170 e. The molecule has 0 aliphatic rings. The van der Waals surface area contributed by atoms with Crippen molar-refractivity contribution in [3.8, 4) is 0 Å². The van der Waals surface area contributed by atoms with E-state index in [9.17, 15) is 0 Å². The molecule has 50 valence electrons. The molecule has 0 heterocycles. The number of halogens is 2. The third-order valence-electron chi connectivity index (χ3n) is 1.47. The highest BCUT2D eigenvalue weighted by Crippen LogP contribution is 2.25. The molecule has 0 aliphatic carbocycles. The van der Waals surface area contributed by atoms with Gasteiger partial charge in [0.2, 0.25) is 0 Å². The molecule has 0 aromatic rings. The second-order valence-corrected chi connectivity index (χ2v) is 9.94. The lowest BCUT2D eigenvalue weighted by atomic mass is 10.6. The summed E-state index contributed by atoms with van der Waals surface area (Å²) in [4.78, 5) is 0. The molecule has 0 radical (unpaired) electrons. The van der Waals surface area contributed by atoms with Crippen LogP contribution in [0.25, 0.3) is 0 Å². The number of rotatable bonds is 2. The Balaban J connectivity index is 3.71. The van der Waals surface area contributed by atoms with E-state index in [-0.39, 0.29) is 0 Å². The van der Waals surface area contributed by atoms with Crippen LogP contribution in [0.4, 0.5) is 0 Å². The van der Waals surface area contributed by atoms with Gasteiger partial charge in [-0.15, -0.1) is 11.6 Å². The minimum atomic E-state index is -1.52. The molecule has 8 heavy (non-hydrogen) atoms. The fourth-order valence-electron chi connectivity index (χ4n) is 0.154. The predicted octanol–water partition coefficient (Wildman–Crippen LogP) is 2.99. The van der Waals surface area contributed by atoms with Gasteiger partial charge in [-0.05, 0) is 5.54 Å². The molecule has 0 N–H and O–H groups in total. The molecule has 0 aromatic heterocycles. The van der Waals surface area contributed by atoms with E-state index in [2.05, 4.69) is 20.4 Å². The molecule has 0 amide bonds. The van der Waals surface area contributed by atoms with Gasteiger partial charge < -0.3 is 0 Å². The monoisotopic (exact) mass is 170 g/mol. The second-order valence-electron chi connectivity index (χ2n) is 2.57. The summed E-state index contributed by atoms with van der Waals surface area (Å²) in [5.41, 5.74) is 1.24. The average molecular weight is 171 g/mol. The van der Waals surface area contributed by atoms with Crippen LogP contribution < -0.4 is 0 Å². The summed E-state index contributed by atoms with van der Waals surface area (Å²) in [5.74, 6) is 0. The van der Waals surface area contributed by atoms with Gasteiger partial charge in [0.05, 0.1) is 0 Å². The summed E-state index contributed by atoms with van der Waals surface area (Å²) in [5, 5.41) is 0. The van der Waals surface area contributed by atoms with Crippen LogP contribution in [0.2, 0.25) is 12.1 Å². The van der Waals surface area contributed by atoms with Crippen molar-refractivity contribution < 1.29 is 0 Å². The van der Waals surface area contributed by atoms with Crippen LogP contribution >= 0.6 is 22.7 Å². The molecule has 0 saturated heterocycles. The van der Waals surface area contributed by atoms with E-state index in [1.54, 1.807) is 0 Å². The fraction of sp³-hybridized carbons (Fsp3) is 1.00. The Bertz CT molecular complexity index is 70.8. The quantitative estimate of drug-likeness (QED) is 0.340. The molecule has 0 aromatic carbocycles. The fourth-order valence-corrected chi connectivity index (χ4v) is 1.39. The summed E-state index contributed by atoms with van der Waals surface area (Å²) in [6.07, 6.45) is 0. The Kier molecular flexibility index (Phi) is 3.40. The largest absolute Gasteiger partial charge is 0.170 e. The molecule has 0 nitrogen and oxygen atoms in total. The smallest absolute Gasteiger partial charge is 0.166 e. The summed E-state index contributed by atoms with van der Waals surface area (Å²) in [7, 11) is -1.52. The first-order valence-corrected chi connectivity index (χ1v) is 7.08. The minimum absolute atomic E-state index is 0.585. The minimum Gasteiger partial charge on any atom is -0.166 e. The Hall–Kier alpha value is 0.797. The van der Waals surface area contributed by atoms with E-state index < -0.39 is 7.38 Å². The van der Waals surface area contributed by atoms with E-state index in [4.69, 9.17) is 22.7 Å². The van der Waals surface area contributed by atoms with Crippen LogP contribution in [0, 0.1) is 0 Å². The summed E-state index contributed by atoms with van der Waals surface area (Å²) in [6, 6.07) is 0. The first kappa shape index (κ1) is 8.80. The first-order valence-electron chi connectivity index (χ1n) is 2.75. The molecule has 1 atom stereocenters. The van der Waals surface area contributed by atoms with Crippen molar-refractivity contribution >= 4 is 30.1 Å². The summed E-state index contributed by atoms with van der Waals surface area (Å²) >= 11 is 11.7. The molecule has 0 bridgehead atoms.